The molecule has 0 spiro atoms. The first kappa shape index (κ1) is 14.1. The highest BCUT2D eigenvalue weighted by molar-refractivity contribution is 5.29. The van der Waals surface area contributed by atoms with Crippen LogP contribution < -0.4 is 5.73 Å². The lowest BCUT2D eigenvalue weighted by Crippen LogP contribution is -2.27. The predicted molar refractivity (Wildman–Crippen MR) is 63.7 cm³/mol. The van der Waals surface area contributed by atoms with Crippen molar-refractivity contribution in [2.24, 2.45) is 5.73 Å². The summed E-state index contributed by atoms with van der Waals surface area (Å²) in [6, 6.07) is 1.82. The quantitative estimate of drug-likeness (QED) is 0.885. The fourth-order valence-corrected chi connectivity index (χ4v) is 1.44. The zero-order valence-corrected chi connectivity index (χ0v) is 10.7. The molecule has 1 unspecified atom stereocenters. The fraction of sp³-hybridized carbons (Fsp3) is 0.538. The Morgan fingerprint density at radius 2 is 1.88 bits per heavy atom. The minimum atomic E-state index is -0.797. The van der Waals surface area contributed by atoms with E-state index in [1.807, 2.05) is 20.8 Å². The Labute approximate surface area is 101 Å². The van der Waals surface area contributed by atoms with Crippen molar-refractivity contribution in [3.8, 4) is 0 Å². The van der Waals surface area contributed by atoms with E-state index in [4.69, 9.17) is 10.5 Å². The van der Waals surface area contributed by atoms with Gasteiger partial charge in [0.15, 0.2) is 0 Å². The third kappa shape index (κ3) is 3.75. The van der Waals surface area contributed by atoms with Crippen molar-refractivity contribution in [3.05, 3.63) is 34.9 Å². The number of aryl methyl sites for hydroxylation is 1. The van der Waals surface area contributed by atoms with E-state index in [2.05, 4.69) is 0 Å². The molecular formula is C13H19F2NO. The molecule has 0 amide bonds. The lowest BCUT2D eigenvalue weighted by molar-refractivity contribution is -0.0109. The monoisotopic (exact) mass is 243 g/mol. The van der Waals surface area contributed by atoms with Crippen molar-refractivity contribution in [1.82, 2.24) is 0 Å². The second-order valence-corrected chi connectivity index (χ2v) is 5.12. The van der Waals surface area contributed by atoms with Crippen LogP contribution in [0.1, 0.15) is 37.9 Å². The van der Waals surface area contributed by atoms with Gasteiger partial charge in [-0.15, -0.1) is 0 Å². The molecule has 0 saturated heterocycles. The molecule has 0 aliphatic rings. The molecule has 0 aliphatic carbocycles. The minimum Gasteiger partial charge on any atom is -0.374 e. The predicted octanol–water partition coefficient (Wildman–Crippen LogP) is 3.09. The van der Waals surface area contributed by atoms with Crippen LogP contribution in [-0.2, 0) is 4.74 Å². The molecule has 96 valence electrons. The average Bonchev–Trinajstić information content (AvgIpc) is 2.20. The summed E-state index contributed by atoms with van der Waals surface area (Å²) in [7, 11) is 0. The number of benzene rings is 1. The van der Waals surface area contributed by atoms with E-state index in [0.717, 1.165) is 0 Å². The van der Waals surface area contributed by atoms with Crippen LogP contribution in [0.5, 0.6) is 0 Å². The number of ether oxygens (including phenoxy) is 1. The van der Waals surface area contributed by atoms with Gasteiger partial charge in [0.05, 0.1) is 18.2 Å². The van der Waals surface area contributed by atoms with Crippen molar-refractivity contribution >= 4 is 0 Å². The van der Waals surface area contributed by atoms with Crippen LogP contribution in [0.2, 0.25) is 0 Å². The van der Waals surface area contributed by atoms with Gasteiger partial charge in [-0.05, 0) is 39.3 Å². The first-order chi connectivity index (χ1) is 7.72. The van der Waals surface area contributed by atoms with Crippen LogP contribution >= 0.6 is 0 Å². The van der Waals surface area contributed by atoms with Crippen molar-refractivity contribution in [2.75, 3.05) is 6.61 Å². The molecule has 0 heterocycles. The summed E-state index contributed by atoms with van der Waals surface area (Å²) in [5, 5.41) is 0. The Balaban J connectivity index is 2.89. The molecular weight excluding hydrogens is 224 g/mol. The highest BCUT2D eigenvalue weighted by Gasteiger charge is 2.20. The van der Waals surface area contributed by atoms with Crippen molar-refractivity contribution < 1.29 is 13.5 Å². The Hall–Kier alpha value is -1.00. The molecule has 1 atom stereocenters. The summed E-state index contributed by atoms with van der Waals surface area (Å²) in [5.41, 5.74) is 5.67. The molecule has 2 N–H and O–H groups in total. The van der Waals surface area contributed by atoms with Crippen LogP contribution in [0.25, 0.3) is 0 Å². The van der Waals surface area contributed by atoms with Crippen LogP contribution in [-0.4, -0.2) is 12.2 Å². The molecule has 1 aromatic rings. The summed E-state index contributed by atoms with van der Waals surface area (Å²) in [5.74, 6) is -1.21. The summed E-state index contributed by atoms with van der Waals surface area (Å²) in [6.07, 6.45) is 0. The maximum Gasteiger partial charge on any atom is 0.133 e. The van der Waals surface area contributed by atoms with Gasteiger partial charge in [0.1, 0.15) is 11.6 Å². The van der Waals surface area contributed by atoms with Gasteiger partial charge in [-0.1, -0.05) is 6.07 Å². The summed E-state index contributed by atoms with van der Waals surface area (Å²) >= 11 is 0. The maximum atomic E-state index is 13.8. The molecule has 17 heavy (non-hydrogen) atoms. The molecule has 0 saturated carbocycles. The number of rotatable bonds is 3. The van der Waals surface area contributed by atoms with Gasteiger partial charge in [-0.3, -0.25) is 0 Å². The summed E-state index contributed by atoms with van der Waals surface area (Å²) in [4.78, 5) is 0. The molecule has 1 aromatic carbocycles. The van der Waals surface area contributed by atoms with E-state index >= 15 is 0 Å². The number of hydrogen-bond donors (Lipinski definition) is 1. The normalized spacial score (nSPS) is 13.8. The van der Waals surface area contributed by atoms with Crippen LogP contribution in [0, 0.1) is 18.6 Å². The van der Waals surface area contributed by atoms with E-state index in [1.54, 1.807) is 6.92 Å². The standard InChI is InChI=1S/C13H19F2NO/c1-8-5-6-9(14)11(12(8)15)10(16)7-17-13(2,3)4/h5-6,10H,7,16H2,1-4H3. The highest BCUT2D eigenvalue weighted by Crippen LogP contribution is 2.23. The first-order valence-electron chi connectivity index (χ1n) is 5.56. The third-order valence-corrected chi connectivity index (χ3v) is 2.39. The first-order valence-corrected chi connectivity index (χ1v) is 5.56. The van der Waals surface area contributed by atoms with Gasteiger partial charge in [0, 0.05) is 5.56 Å². The second-order valence-electron chi connectivity index (χ2n) is 5.12. The third-order valence-electron chi connectivity index (χ3n) is 2.39. The Morgan fingerprint density at radius 3 is 2.41 bits per heavy atom. The van der Waals surface area contributed by atoms with Crippen molar-refractivity contribution in [3.63, 3.8) is 0 Å². The largest absolute Gasteiger partial charge is 0.374 e. The molecule has 2 nitrogen and oxygen atoms in total. The zero-order valence-electron chi connectivity index (χ0n) is 10.7. The van der Waals surface area contributed by atoms with Gasteiger partial charge in [-0.25, -0.2) is 8.78 Å². The van der Waals surface area contributed by atoms with Crippen LogP contribution in [0.15, 0.2) is 12.1 Å². The number of hydrogen-bond acceptors (Lipinski definition) is 2. The van der Waals surface area contributed by atoms with Gasteiger partial charge in [0.2, 0.25) is 0 Å². The van der Waals surface area contributed by atoms with E-state index in [0.29, 0.717) is 5.56 Å². The van der Waals surface area contributed by atoms with Crippen LogP contribution in [0.3, 0.4) is 0 Å². The number of nitrogens with two attached hydrogens (primary N) is 1. The van der Waals surface area contributed by atoms with Gasteiger partial charge >= 0.3 is 0 Å². The molecule has 1 rings (SSSR count). The minimum absolute atomic E-state index is 0.0841. The summed E-state index contributed by atoms with van der Waals surface area (Å²) < 4.78 is 32.7. The van der Waals surface area contributed by atoms with E-state index in [1.165, 1.54) is 12.1 Å². The topological polar surface area (TPSA) is 35.2 Å². The molecule has 0 bridgehead atoms. The molecule has 0 aliphatic heterocycles. The lowest BCUT2D eigenvalue weighted by atomic mass is 10.0. The molecule has 0 aromatic heterocycles. The highest BCUT2D eigenvalue weighted by atomic mass is 19.1. The van der Waals surface area contributed by atoms with Gasteiger partial charge < -0.3 is 10.5 Å². The Morgan fingerprint density at radius 1 is 1.29 bits per heavy atom. The van der Waals surface area contributed by atoms with Crippen molar-refractivity contribution in [2.45, 2.75) is 39.3 Å². The zero-order chi connectivity index (χ0) is 13.2. The Kier molecular flexibility index (Phi) is 4.22. The number of halogens is 2. The Bertz CT molecular complexity index is 399. The van der Waals surface area contributed by atoms with Gasteiger partial charge in [-0.2, -0.15) is 0 Å². The summed E-state index contributed by atoms with van der Waals surface area (Å²) in [6.45, 7) is 7.25. The van der Waals surface area contributed by atoms with E-state index in [9.17, 15) is 8.78 Å². The van der Waals surface area contributed by atoms with E-state index in [-0.39, 0.29) is 17.8 Å². The molecule has 0 radical (unpaired) electrons. The van der Waals surface area contributed by atoms with Gasteiger partial charge in [0.25, 0.3) is 0 Å². The van der Waals surface area contributed by atoms with Crippen molar-refractivity contribution in [1.29, 1.82) is 0 Å². The SMILES string of the molecule is Cc1ccc(F)c(C(N)COC(C)(C)C)c1F. The van der Waals surface area contributed by atoms with E-state index < -0.39 is 17.7 Å². The smallest absolute Gasteiger partial charge is 0.133 e. The molecule has 0 fully saturated rings. The molecule has 4 heteroatoms. The fourth-order valence-electron chi connectivity index (χ4n) is 1.44. The second kappa shape index (κ2) is 5.10. The maximum absolute atomic E-state index is 13.8. The lowest BCUT2D eigenvalue weighted by Gasteiger charge is -2.23. The average molecular weight is 243 g/mol. The van der Waals surface area contributed by atoms with Crippen LogP contribution in [0.4, 0.5) is 8.78 Å².